The summed E-state index contributed by atoms with van der Waals surface area (Å²) in [6.07, 6.45) is 1.28. The number of carbonyl (C=O) groups excluding carboxylic acids is 1. The summed E-state index contributed by atoms with van der Waals surface area (Å²) in [5.41, 5.74) is 0. The van der Waals surface area contributed by atoms with E-state index in [0.29, 0.717) is 0 Å². The van der Waals surface area contributed by atoms with Gasteiger partial charge in [0.2, 0.25) is 0 Å². The monoisotopic (exact) mass is 129 g/mol. The van der Waals surface area contributed by atoms with Gasteiger partial charge in [-0.1, -0.05) is 0 Å². The average molecular weight is 129 g/mol. The van der Waals surface area contributed by atoms with E-state index in [-0.39, 0.29) is 0 Å². The van der Waals surface area contributed by atoms with Crippen LogP contribution in [0.25, 0.3) is 0 Å². The Morgan fingerprint density at radius 2 is 2.56 bits per heavy atom. The fraction of sp³-hybridized carbons (Fsp3) is 0. The lowest BCUT2D eigenvalue weighted by Gasteiger charge is -1.89. The number of hydrogen-bond donors (Lipinski definition) is 1. The Bertz CT molecular complexity index is 194. The third-order valence-corrected chi connectivity index (χ3v) is 0.684. The molecule has 1 aromatic heterocycles. The maximum absolute atomic E-state index is 10.3. The van der Waals surface area contributed by atoms with Gasteiger partial charge in [-0.25, -0.2) is 9.78 Å². The summed E-state index contributed by atoms with van der Waals surface area (Å²) in [4.78, 5) is 17.0. The van der Waals surface area contributed by atoms with Crippen LogP contribution in [0, 0.1) is 0 Å². The van der Waals surface area contributed by atoms with E-state index in [0.717, 1.165) is 17.3 Å². The first-order valence-corrected chi connectivity index (χ1v) is 2.05. The van der Waals surface area contributed by atoms with Crippen LogP contribution in [0.15, 0.2) is 12.7 Å². The van der Waals surface area contributed by atoms with Gasteiger partial charge in [-0.05, 0) is 0 Å². The van der Waals surface area contributed by atoms with Crippen molar-refractivity contribution in [2.24, 2.45) is 0 Å². The van der Waals surface area contributed by atoms with Crippen LogP contribution < -0.4 is 0 Å². The molecule has 0 aliphatic heterocycles. The van der Waals surface area contributed by atoms with Crippen LogP contribution in [0.5, 0.6) is 0 Å². The van der Waals surface area contributed by atoms with E-state index in [9.17, 15) is 4.79 Å². The molecule has 0 radical (unpaired) electrons. The van der Waals surface area contributed by atoms with Gasteiger partial charge in [-0.2, -0.15) is 9.94 Å². The van der Waals surface area contributed by atoms with Crippen molar-refractivity contribution in [1.29, 1.82) is 0 Å². The molecule has 0 unspecified atom stereocenters. The normalized spacial score (nSPS) is 9.00. The predicted molar refractivity (Wildman–Crippen MR) is 24.5 cm³/mol. The Morgan fingerprint density at radius 3 is 3.00 bits per heavy atom. The summed E-state index contributed by atoms with van der Waals surface area (Å²) < 4.78 is 0.750. The molecule has 0 saturated heterocycles. The second kappa shape index (κ2) is 2.23. The fourth-order valence-electron chi connectivity index (χ4n) is 0.344. The van der Waals surface area contributed by atoms with Crippen LogP contribution in [-0.2, 0) is 4.89 Å². The molecule has 48 valence electrons. The summed E-state index contributed by atoms with van der Waals surface area (Å²) in [5.74, 6) is 0. The van der Waals surface area contributed by atoms with Crippen molar-refractivity contribution >= 4 is 6.09 Å². The third-order valence-electron chi connectivity index (χ3n) is 0.684. The molecule has 0 aliphatic carbocycles. The van der Waals surface area contributed by atoms with Crippen molar-refractivity contribution in [3.8, 4) is 0 Å². The van der Waals surface area contributed by atoms with E-state index in [4.69, 9.17) is 5.26 Å². The van der Waals surface area contributed by atoms with Crippen molar-refractivity contribution in [3.05, 3.63) is 12.7 Å². The zero-order valence-electron chi connectivity index (χ0n) is 4.26. The van der Waals surface area contributed by atoms with Crippen molar-refractivity contribution in [2.75, 3.05) is 0 Å². The van der Waals surface area contributed by atoms with Crippen LogP contribution in [-0.4, -0.2) is 26.1 Å². The highest BCUT2D eigenvalue weighted by Gasteiger charge is 2.02. The third kappa shape index (κ3) is 1.03. The van der Waals surface area contributed by atoms with Crippen LogP contribution in [0.1, 0.15) is 0 Å². The number of rotatable bonds is 0. The average Bonchev–Trinajstić information content (AvgIpc) is 2.37. The molecule has 0 fully saturated rings. The number of nitrogens with zero attached hydrogens (tertiary/aromatic N) is 3. The van der Waals surface area contributed by atoms with E-state index in [1.165, 1.54) is 0 Å². The highest BCUT2D eigenvalue weighted by atomic mass is 17.1. The summed E-state index contributed by atoms with van der Waals surface area (Å²) in [6, 6.07) is 0. The molecule has 0 saturated carbocycles. The van der Waals surface area contributed by atoms with Gasteiger partial charge in [-0.15, -0.1) is 5.10 Å². The van der Waals surface area contributed by atoms with Gasteiger partial charge in [0.1, 0.15) is 12.7 Å². The number of hydrogen-bond acceptors (Lipinski definition) is 5. The second-order valence-electron chi connectivity index (χ2n) is 1.20. The Labute approximate surface area is 49.6 Å². The number of aromatic nitrogens is 3. The molecule has 6 nitrogen and oxygen atoms in total. The maximum Gasteiger partial charge on any atom is 0.467 e. The summed E-state index contributed by atoms with van der Waals surface area (Å²) in [5, 5.41) is 11.1. The molecule has 1 aromatic rings. The quantitative estimate of drug-likeness (QED) is 0.385. The van der Waals surface area contributed by atoms with Crippen LogP contribution in [0.3, 0.4) is 0 Å². The van der Waals surface area contributed by atoms with Gasteiger partial charge in [0.15, 0.2) is 0 Å². The molecular weight excluding hydrogens is 126 g/mol. The predicted octanol–water partition coefficient (Wildman–Crippen LogP) is -0.264. The Hall–Kier alpha value is -1.43. The van der Waals surface area contributed by atoms with Gasteiger partial charge in [0.25, 0.3) is 0 Å². The molecular formula is C3H3N3O3. The SMILES string of the molecule is O=C(OO)n1cncn1. The lowest BCUT2D eigenvalue weighted by molar-refractivity contribution is -0.178. The summed E-state index contributed by atoms with van der Waals surface area (Å²) >= 11 is 0. The number of carbonyl (C=O) groups is 1. The van der Waals surface area contributed by atoms with E-state index in [2.05, 4.69) is 15.0 Å². The minimum absolute atomic E-state index is 0.750. The Morgan fingerprint density at radius 1 is 1.78 bits per heavy atom. The molecule has 0 atom stereocenters. The van der Waals surface area contributed by atoms with Gasteiger partial charge >= 0.3 is 6.09 Å². The molecule has 0 spiro atoms. The Kier molecular flexibility index (Phi) is 1.41. The molecule has 1 heterocycles. The van der Waals surface area contributed by atoms with Crippen molar-refractivity contribution in [1.82, 2.24) is 14.8 Å². The largest absolute Gasteiger partial charge is 0.467 e. The summed E-state index contributed by atoms with van der Waals surface area (Å²) in [7, 11) is 0. The molecule has 6 heteroatoms. The molecule has 9 heavy (non-hydrogen) atoms. The highest BCUT2D eigenvalue weighted by Crippen LogP contribution is 1.80. The van der Waals surface area contributed by atoms with Gasteiger partial charge in [0.05, 0.1) is 0 Å². The molecule has 0 aliphatic rings. The zero-order chi connectivity index (χ0) is 6.69. The lowest BCUT2D eigenvalue weighted by atomic mass is 11.1. The second-order valence-corrected chi connectivity index (χ2v) is 1.20. The van der Waals surface area contributed by atoms with E-state index < -0.39 is 6.09 Å². The minimum atomic E-state index is -0.979. The van der Waals surface area contributed by atoms with Gasteiger partial charge in [-0.3, -0.25) is 4.89 Å². The van der Waals surface area contributed by atoms with Crippen molar-refractivity contribution in [2.45, 2.75) is 0 Å². The van der Waals surface area contributed by atoms with Gasteiger partial charge < -0.3 is 0 Å². The summed E-state index contributed by atoms with van der Waals surface area (Å²) in [6.45, 7) is 0. The standard InChI is InChI=1S/C3H3N3O3/c7-3(9-8)6-2-4-1-5-6/h1-2,8H. The van der Waals surface area contributed by atoms with Crippen LogP contribution in [0.2, 0.25) is 0 Å². The smallest absolute Gasteiger partial charge is 0.276 e. The minimum Gasteiger partial charge on any atom is -0.276 e. The first-order chi connectivity index (χ1) is 4.34. The molecule has 0 amide bonds. The molecule has 1 N–H and O–H groups in total. The van der Waals surface area contributed by atoms with Gasteiger partial charge in [0, 0.05) is 0 Å². The Balaban J connectivity index is 2.77. The van der Waals surface area contributed by atoms with Crippen molar-refractivity contribution in [3.63, 3.8) is 0 Å². The lowest BCUT2D eigenvalue weighted by Crippen LogP contribution is -2.11. The first kappa shape index (κ1) is 5.70. The maximum atomic E-state index is 10.3. The van der Waals surface area contributed by atoms with E-state index in [1.54, 1.807) is 0 Å². The first-order valence-electron chi connectivity index (χ1n) is 2.05. The van der Waals surface area contributed by atoms with E-state index >= 15 is 0 Å². The molecule has 0 aromatic carbocycles. The van der Waals surface area contributed by atoms with Crippen LogP contribution >= 0.6 is 0 Å². The van der Waals surface area contributed by atoms with Crippen molar-refractivity contribution < 1.29 is 14.9 Å². The topological polar surface area (TPSA) is 77.2 Å². The van der Waals surface area contributed by atoms with E-state index in [1.807, 2.05) is 0 Å². The molecule has 0 bridgehead atoms. The fourth-order valence-corrected chi connectivity index (χ4v) is 0.344. The van der Waals surface area contributed by atoms with Crippen LogP contribution in [0.4, 0.5) is 4.79 Å². The highest BCUT2D eigenvalue weighted by molar-refractivity contribution is 5.67. The molecule has 1 rings (SSSR count). The zero-order valence-corrected chi connectivity index (χ0v) is 4.26.